The van der Waals surface area contributed by atoms with Crippen LogP contribution in [-0.4, -0.2) is 37.0 Å². The van der Waals surface area contributed by atoms with E-state index in [0.717, 1.165) is 31.2 Å². The predicted octanol–water partition coefficient (Wildman–Crippen LogP) is 4.63. The summed E-state index contributed by atoms with van der Waals surface area (Å²) in [6.45, 7) is 3.72. The minimum absolute atomic E-state index is 0.0277. The van der Waals surface area contributed by atoms with Crippen LogP contribution in [0.25, 0.3) is 11.0 Å². The van der Waals surface area contributed by atoms with Gasteiger partial charge in [0.2, 0.25) is 9.84 Å². The SMILES string of the molecule is CCOC(=O)c1c(S(=O)(=O)c2ccc(C)cc2)nc2[nH]ccc2c1NC1CCCCC1. The normalized spacial score (nSPS) is 15.2. The second kappa shape index (κ2) is 8.70. The Labute approximate surface area is 182 Å². The number of carbonyl (C=O) groups is 1. The lowest BCUT2D eigenvalue weighted by atomic mass is 9.95. The molecule has 1 aromatic carbocycles. The van der Waals surface area contributed by atoms with Crippen LogP contribution < -0.4 is 5.32 Å². The average Bonchev–Trinajstić information content (AvgIpc) is 3.23. The number of fused-ring (bicyclic) bond motifs is 1. The van der Waals surface area contributed by atoms with Gasteiger partial charge in [-0.3, -0.25) is 0 Å². The topological polar surface area (TPSA) is 101 Å². The number of hydrogen-bond donors (Lipinski definition) is 2. The van der Waals surface area contributed by atoms with Gasteiger partial charge in [0.05, 0.1) is 17.2 Å². The van der Waals surface area contributed by atoms with Crippen molar-refractivity contribution < 1.29 is 17.9 Å². The van der Waals surface area contributed by atoms with Crippen molar-refractivity contribution in [3.05, 3.63) is 47.7 Å². The minimum Gasteiger partial charge on any atom is -0.462 e. The monoisotopic (exact) mass is 441 g/mol. The number of aryl methyl sites for hydroxylation is 1. The summed E-state index contributed by atoms with van der Waals surface area (Å²) in [7, 11) is -4.05. The lowest BCUT2D eigenvalue weighted by Crippen LogP contribution is -2.25. The van der Waals surface area contributed by atoms with Gasteiger partial charge in [-0.05, 0) is 44.9 Å². The third-order valence-electron chi connectivity index (χ3n) is 5.69. The number of sulfone groups is 1. The van der Waals surface area contributed by atoms with E-state index in [4.69, 9.17) is 4.74 Å². The van der Waals surface area contributed by atoms with Gasteiger partial charge in [-0.1, -0.05) is 37.0 Å². The number of ether oxygens (including phenoxy) is 1. The van der Waals surface area contributed by atoms with Crippen molar-refractivity contribution in [2.24, 2.45) is 0 Å². The van der Waals surface area contributed by atoms with E-state index in [1.807, 2.05) is 6.92 Å². The van der Waals surface area contributed by atoms with E-state index in [9.17, 15) is 13.2 Å². The zero-order valence-electron chi connectivity index (χ0n) is 17.8. The van der Waals surface area contributed by atoms with Crippen LogP contribution in [0.4, 0.5) is 5.69 Å². The number of esters is 1. The zero-order valence-corrected chi connectivity index (χ0v) is 18.6. The molecule has 2 N–H and O–H groups in total. The Morgan fingerprint density at radius 1 is 1.16 bits per heavy atom. The molecule has 1 saturated carbocycles. The molecule has 0 radical (unpaired) electrons. The van der Waals surface area contributed by atoms with Gasteiger partial charge >= 0.3 is 5.97 Å². The summed E-state index contributed by atoms with van der Waals surface area (Å²) in [4.78, 5) is 20.5. The van der Waals surface area contributed by atoms with Crippen LogP contribution in [0.5, 0.6) is 0 Å². The van der Waals surface area contributed by atoms with E-state index in [2.05, 4.69) is 15.3 Å². The number of anilines is 1. The number of aromatic amines is 1. The molecule has 0 bridgehead atoms. The molecule has 164 valence electrons. The fraction of sp³-hybridized carbons (Fsp3) is 0.391. The molecule has 0 atom stereocenters. The largest absolute Gasteiger partial charge is 0.462 e. The Hall–Kier alpha value is -2.87. The van der Waals surface area contributed by atoms with Crippen molar-refractivity contribution in [3.63, 3.8) is 0 Å². The Bertz CT molecular complexity index is 1190. The molecule has 2 heterocycles. The highest BCUT2D eigenvalue weighted by Gasteiger charge is 2.32. The highest BCUT2D eigenvalue weighted by molar-refractivity contribution is 7.91. The number of benzene rings is 1. The lowest BCUT2D eigenvalue weighted by molar-refractivity contribution is 0.0522. The van der Waals surface area contributed by atoms with Crippen molar-refractivity contribution in [1.82, 2.24) is 9.97 Å². The molecule has 2 aromatic heterocycles. The van der Waals surface area contributed by atoms with Crippen LogP contribution in [0.15, 0.2) is 46.5 Å². The van der Waals surface area contributed by atoms with Crippen LogP contribution >= 0.6 is 0 Å². The molecular weight excluding hydrogens is 414 g/mol. The Kier molecular flexibility index (Phi) is 6.00. The summed E-state index contributed by atoms with van der Waals surface area (Å²) in [6.07, 6.45) is 7.02. The number of hydrogen-bond acceptors (Lipinski definition) is 6. The molecule has 0 amide bonds. The Morgan fingerprint density at radius 2 is 1.87 bits per heavy atom. The van der Waals surface area contributed by atoms with Gasteiger partial charge in [-0.15, -0.1) is 0 Å². The number of carbonyl (C=O) groups excluding carboxylic acids is 1. The summed E-state index contributed by atoms with van der Waals surface area (Å²) in [6, 6.07) is 8.50. The number of aromatic nitrogens is 2. The number of nitrogens with zero attached hydrogens (tertiary/aromatic N) is 1. The van der Waals surface area contributed by atoms with Crippen LogP contribution in [0.3, 0.4) is 0 Å². The van der Waals surface area contributed by atoms with Gasteiger partial charge in [0, 0.05) is 17.6 Å². The third kappa shape index (κ3) is 4.17. The van der Waals surface area contributed by atoms with E-state index < -0.39 is 15.8 Å². The first-order valence-corrected chi connectivity index (χ1v) is 12.2. The number of rotatable bonds is 6. The number of pyridine rings is 1. The fourth-order valence-electron chi connectivity index (χ4n) is 4.07. The second-order valence-electron chi connectivity index (χ2n) is 7.92. The minimum atomic E-state index is -4.05. The van der Waals surface area contributed by atoms with E-state index in [1.54, 1.807) is 31.3 Å². The maximum Gasteiger partial charge on any atom is 0.343 e. The van der Waals surface area contributed by atoms with Gasteiger partial charge < -0.3 is 15.0 Å². The van der Waals surface area contributed by atoms with Crippen molar-refractivity contribution in [1.29, 1.82) is 0 Å². The quantitative estimate of drug-likeness (QED) is 0.541. The average molecular weight is 442 g/mol. The van der Waals surface area contributed by atoms with Crippen molar-refractivity contribution in [2.75, 3.05) is 11.9 Å². The highest BCUT2D eigenvalue weighted by atomic mass is 32.2. The molecule has 31 heavy (non-hydrogen) atoms. The molecule has 0 aliphatic heterocycles. The van der Waals surface area contributed by atoms with Crippen LogP contribution in [0.2, 0.25) is 0 Å². The number of nitrogens with one attached hydrogen (secondary N) is 2. The summed E-state index contributed by atoms with van der Waals surface area (Å²) >= 11 is 0. The van der Waals surface area contributed by atoms with E-state index in [-0.39, 0.29) is 28.1 Å². The van der Waals surface area contributed by atoms with Gasteiger partial charge in [0.25, 0.3) is 0 Å². The predicted molar refractivity (Wildman–Crippen MR) is 119 cm³/mol. The molecular formula is C23H27N3O4S. The van der Waals surface area contributed by atoms with Gasteiger partial charge in [-0.2, -0.15) is 0 Å². The molecule has 0 spiro atoms. The summed E-state index contributed by atoms with van der Waals surface area (Å²) in [5, 5.41) is 3.85. The van der Waals surface area contributed by atoms with Crippen molar-refractivity contribution in [2.45, 2.75) is 61.9 Å². The molecule has 4 rings (SSSR count). The zero-order chi connectivity index (χ0) is 22.0. The molecule has 1 aliphatic rings. The molecule has 0 saturated heterocycles. The first-order valence-electron chi connectivity index (χ1n) is 10.7. The van der Waals surface area contributed by atoms with E-state index in [0.29, 0.717) is 16.7 Å². The Morgan fingerprint density at radius 3 is 2.55 bits per heavy atom. The Balaban J connectivity index is 1.94. The molecule has 7 nitrogen and oxygen atoms in total. The van der Waals surface area contributed by atoms with Crippen LogP contribution in [0, 0.1) is 6.92 Å². The molecule has 1 aliphatic carbocycles. The first-order chi connectivity index (χ1) is 14.9. The van der Waals surface area contributed by atoms with Crippen molar-refractivity contribution >= 4 is 32.5 Å². The van der Waals surface area contributed by atoms with E-state index in [1.165, 1.54) is 18.6 Å². The second-order valence-corrected chi connectivity index (χ2v) is 9.79. The standard InChI is InChI=1S/C23H27N3O4S/c1-3-30-23(27)19-20(25-16-7-5-4-6-8-16)18-13-14-24-21(18)26-22(19)31(28,29)17-11-9-15(2)10-12-17/h9-14,16H,3-8H2,1-2H3,(H2,24,25,26). The fourth-order valence-corrected chi connectivity index (χ4v) is 5.45. The van der Waals surface area contributed by atoms with Crippen molar-refractivity contribution in [3.8, 4) is 0 Å². The highest BCUT2D eigenvalue weighted by Crippen LogP contribution is 2.35. The summed E-state index contributed by atoms with van der Waals surface area (Å²) in [5.74, 6) is -0.693. The van der Waals surface area contributed by atoms with Gasteiger partial charge in [-0.25, -0.2) is 18.2 Å². The summed E-state index contributed by atoms with van der Waals surface area (Å²) in [5.41, 5.74) is 1.80. The van der Waals surface area contributed by atoms with Gasteiger partial charge in [0.15, 0.2) is 5.03 Å². The maximum absolute atomic E-state index is 13.6. The van der Waals surface area contributed by atoms with E-state index >= 15 is 0 Å². The lowest BCUT2D eigenvalue weighted by Gasteiger charge is -2.26. The smallest absolute Gasteiger partial charge is 0.343 e. The summed E-state index contributed by atoms with van der Waals surface area (Å²) < 4.78 is 32.4. The molecule has 0 unspecified atom stereocenters. The van der Waals surface area contributed by atoms with Gasteiger partial charge in [0.1, 0.15) is 11.2 Å². The molecule has 1 fully saturated rings. The molecule has 3 aromatic rings. The van der Waals surface area contributed by atoms with Crippen LogP contribution in [0.1, 0.15) is 54.9 Å². The van der Waals surface area contributed by atoms with Crippen LogP contribution in [-0.2, 0) is 14.6 Å². The number of H-pyrrole nitrogens is 1. The first kappa shape index (κ1) is 21.4. The maximum atomic E-state index is 13.6. The third-order valence-corrected chi connectivity index (χ3v) is 7.39. The molecule has 8 heteroatoms.